The topological polar surface area (TPSA) is 56.0 Å². The molecule has 0 spiro atoms. The second-order valence-electron chi connectivity index (χ2n) is 4.04. The van der Waals surface area contributed by atoms with Gasteiger partial charge in [0.1, 0.15) is 16.3 Å². The number of benzene rings is 1. The molecule has 2 heterocycles. The minimum Gasteiger partial charge on any atom is -0.443 e. The van der Waals surface area contributed by atoms with Gasteiger partial charge < -0.3 is 4.42 Å². The predicted octanol–water partition coefficient (Wildman–Crippen LogP) is 3.08. The smallest absolute Gasteiger partial charge is 0.181 e. The third kappa shape index (κ3) is 2.04. The van der Waals surface area contributed by atoms with E-state index in [9.17, 15) is 4.79 Å². The fourth-order valence-corrected chi connectivity index (χ4v) is 2.63. The Kier molecular flexibility index (Phi) is 2.68. The van der Waals surface area contributed by atoms with Gasteiger partial charge in [0.25, 0.3) is 0 Å². The number of rotatable bonds is 3. The maximum absolute atomic E-state index is 11.0. The van der Waals surface area contributed by atoms with E-state index in [2.05, 4.69) is 9.97 Å². The van der Waals surface area contributed by atoms with E-state index >= 15 is 0 Å². The summed E-state index contributed by atoms with van der Waals surface area (Å²) in [6.07, 6.45) is 1.83. The molecule has 0 atom stereocenters. The third-order valence-electron chi connectivity index (χ3n) is 2.58. The van der Waals surface area contributed by atoms with Gasteiger partial charge in [-0.3, -0.25) is 4.79 Å². The zero-order valence-electron chi connectivity index (χ0n) is 9.71. The molecule has 0 amide bonds. The summed E-state index contributed by atoms with van der Waals surface area (Å²) in [7, 11) is 0. The molecule has 1 aromatic carbocycles. The van der Waals surface area contributed by atoms with Crippen molar-refractivity contribution >= 4 is 28.2 Å². The molecule has 4 nitrogen and oxygen atoms in total. The minimum absolute atomic E-state index is 0.126. The largest absolute Gasteiger partial charge is 0.443 e. The Morgan fingerprint density at radius 1 is 1.44 bits per heavy atom. The SMILES string of the molecule is CC(=O)Cc1nc(-c2ccc3ncoc3c2)cs1. The molecule has 90 valence electrons. The van der Waals surface area contributed by atoms with Crippen molar-refractivity contribution in [3.8, 4) is 11.3 Å². The van der Waals surface area contributed by atoms with Crippen LogP contribution in [-0.2, 0) is 11.2 Å². The molecule has 0 aliphatic heterocycles. The van der Waals surface area contributed by atoms with Gasteiger partial charge in [0.05, 0.1) is 12.1 Å². The number of oxazole rings is 1. The molecule has 18 heavy (non-hydrogen) atoms. The molecule has 3 aromatic rings. The van der Waals surface area contributed by atoms with E-state index in [1.54, 1.807) is 6.92 Å². The van der Waals surface area contributed by atoms with E-state index in [4.69, 9.17) is 4.42 Å². The zero-order chi connectivity index (χ0) is 12.5. The fourth-order valence-electron chi connectivity index (χ4n) is 1.75. The van der Waals surface area contributed by atoms with E-state index in [0.29, 0.717) is 6.42 Å². The van der Waals surface area contributed by atoms with Crippen molar-refractivity contribution in [1.29, 1.82) is 0 Å². The number of hydrogen-bond donors (Lipinski definition) is 0. The van der Waals surface area contributed by atoms with Crippen molar-refractivity contribution in [3.63, 3.8) is 0 Å². The van der Waals surface area contributed by atoms with Gasteiger partial charge in [0, 0.05) is 10.9 Å². The highest BCUT2D eigenvalue weighted by Gasteiger charge is 2.08. The molecule has 0 radical (unpaired) electrons. The van der Waals surface area contributed by atoms with Gasteiger partial charge in [0.2, 0.25) is 0 Å². The van der Waals surface area contributed by atoms with Gasteiger partial charge in [-0.25, -0.2) is 9.97 Å². The number of carbonyl (C=O) groups is 1. The maximum atomic E-state index is 11.0. The van der Waals surface area contributed by atoms with Gasteiger partial charge in [-0.05, 0) is 19.1 Å². The molecule has 5 heteroatoms. The second-order valence-corrected chi connectivity index (χ2v) is 4.98. The molecule has 0 aliphatic rings. The van der Waals surface area contributed by atoms with Crippen LogP contribution in [0, 0.1) is 0 Å². The molecule has 2 aromatic heterocycles. The molecule has 0 saturated carbocycles. The van der Waals surface area contributed by atoms with Crippen LogP contribution >= 0.6 is 11.3 Å². The first-order valence-electron chi connectivity index (χ1n) is 5.50. The average Bonchev–Trinajstić information content (AvgIpc) is 2.95. The number of thiazole rings is 1. The number of aromatic nitrogens is 2. The van der Waals surface area contributed by atoms with Crippen molar-refractivity contribution in [2.24, 2.45) is 0 Å². The Morgan fingerprint density at radius 2 is 2.33 bits per heavy atom. The van der Waals surface area contributed by atoms with Gasteiger partial charge >= 0.3 is 0 Å². The summed E-state index contributed by atoms with van der Waals surface area (Å²) < 4.78 is 5.26. The minimum atomic E-state index is 0.126. The van der Waals surface area contributed by atoms with Gasteiger partial charge in [-0.1, -0.05) is 6.07 Å². The van der Waals surface area contributed by atoms with E-state index in [-0.39, 0.29) is 5.78 Å². The molecule has 0 bridgehead atoms. The van der Waals surface area contributed by atoms with E-state index < -0.39 is 0 Å². The summed E-state index contributed by atoms with van der Waals surface area (Å²) >= 11 is 1.50. The summed E-state index contributed by atoms with van der Waals surface area (Å²) in [4.78, 5) is 19.6. The monoisotopic (exact) mass is 258 g/mol. The van der Waals surface area contributed by atoms with Crippen molar-refractivity contribution in [3.05, 3.63) is 35.0 Å². The lowest BCUT2D eigenvalue weighted by Crippen LogP contribution is -1.95. The van der Waals surface area contributed by atoms with Crippen molar-refractivity contribution in [2.75, 3.05) is 0 Å². The molecule has 3 rings (SSSR count). The Bertz CT molecular complexity index is 714. The number of ketones is 1. The standard InChI is InChI=1S/C13H10N2O2S/c1-8(16)4-13-15-11(6-18-13)9-2-3-10-12(5-9)17-7-14-10/h2-3,5-7H,4H2,1H3. The van der Waals surface area contributed by atoms with E-state index in [1.807, 2.05) is 23.6 Å². The van der Waals surface area contributed by atoms with Crippen LogP contribution in [0.3, 0.4) is 0 Å². The van der Waals surface area contributed by atoms with Crippen molar-refractivity contribution in [1.82, 2.24) is 9.97 Å². The zero-order valence-corrected chi connectivity index (χ0v) is 10.5. The summed E-state index contributed by atoms with van der Waals surface area (Å²) in [5.74, 6) is 0.126. The van der Waals surface area contributed by atoms with Crippen LogP contribution in [0.5, 0.6) is 0 Å². The first-order valence-corrected chi connectivity index (χ1v) is 6.38. The van der Waals surface area contributed by atoms with Crippen molar-refractivity contribution < 1.29 is 9.21 Å². The lowest BCUT2D eigenvalue weighted by Gasteiger charge is -1.95. The molecule has 0 aliphatic carbocycles. The number of Topliss-reactive ketones (excluding diaryl/α,β-unsaturated/α-hetero) is 1. The van der Waals surface area contributed by atoms with E-state index in [1.165, 1.54) is 17.7 Å². The maximum Gasteiger partial charge on any atom is 0.181 e. The lowest BCUT2D eigenvalue weighted by molar-refractivity contribution is -0.116. The molecule has 0 unspecified atom stereocenters. The third-order valence-corrected chi connectivity index (χ3v) is 3.43. The Hall–Kier alpha value is -2.01. The Morgan fingerprint density at radius 3 is 3.17 bits per heavy atom. The van der Waals surface area contributed by atoms with Crippen molar-refractivity contribution in [2.45, 2.75) is 13.3 Å². The highest BCUT2D eigenvalue weighted by molar-refractivity contribution is 7.10. The second kappa shape index (κ2) is 4.34. The predicted molar refractivity (Wildman–Crippen MR) is 69.5 cm³/mol. The van der Waals surface area contributed by atoms with E-state index in [0.717, 1.165) is 27.4 Å². The van der Waals surface area contributed by atoms with Gasteiger partial charge in [0.15, 0.2) is 12.0 Å². The van der Waals surface area contributed by atoms with Gasteiger partial charge in [-0.2, -0.15) is 0 Å². The molecule has 0 N–H and O–H groups in total. The normalized spacial score (nSPS) is 10.9. The summed E-state index contributed by atoms with van der Waals surface area (Å²) in [6.45, 7) is 1.57. The van der Waals surface area contributed by atoms with Crippen LogP contribution in [0.25, 0.3) is 22.4 Å². The molecule has 0 saturated heterocycles. The van der Waals surface area contributed by atoms with Crippen LogP contribution < -0.4 is 0 Å². The molecule has 0 fully saturated rings. The first-order chi connectivity index (χ1) is 8.72. The van der Waals surface area contributed by atoms with Gasteiger partial charge in [-0.15, -0.1) is 11.3 Å². The fraction of sp³-hybridized carbons (Fsp3) is 0.154. The van der Waals surface area contributed by atoms with Crippen LogP contribution in [0.15, 0.2) is 34.4 Å². The first kappa shape index (κ1) is 11.1. The van der Waals surface area contributed by atoms with Crippen LogP contribution in [-0.4, -0.2) is 15.8 Å². The number of hydrogen-bond acceptors (Lipinski definition) is 5. The number of fused-ring (bicyclic) bond motifs is 1. The lowest BCUT2D eigenvalue weighted by atomic mass is 10.1. The molecular weight excluding hydrogens is 248 g/mol. The summed E-state index contributed by atoms with van der Waals surface area (Å²) in [5.41, 5.74) is 3.42. The van der Waals surface area contributed by atoms with Crippen LogP contribution in [0.1, 0.15) is 11.9 Å². The van der Waals surface area contributed by atoms with Crippen LogP contribution in [0.4, 0.5) is 0 Å². The Labute approximate surface area is 107 Å². The summed E-state index contributed by atoms with van der Waals surface area (Å²) in [6, 6.07) is 5.77. The van der Waals surface area contributed by atoms with Crippen LogP contribution in [0.2, 0.25) is 0 Å². The summed E-state index contributed by atoms with van der Waals surface area (Å²) in [5, 5.41) is 2.80. The highest BCUT2D eigenvalue weighted by Crippen LogP contribution is 2.25. The molecular formula is C13H10N2O2S. The number of carbonyl (C=O) groups excluding carboxylic acids is 1. The highest BCUT2D eigenvalue weighted by atomic mass is 32.1. The average molecular weight is 258 g/mol. The Balaban J connectivity index is 1.97. The quantitative estimate of drug-likeness (QED) is 0.724. The number of nitrogens with zero attached hydrogens (tertiary/aromatic N) is 2.